The maximum atomic E-state index is 12.3. The Balaban J connectivity index is 0.00000261. The predicted molar refractivity (Wildman–Crippen MR) is 110 cm³/mol. The van der Waals surface area contributed by atoms with Crippen molar-refractivity contribution >= 4 is 29.9 Å². The van der Waals surface area contributed by atoms with Gasteiger partial charge in [-0.25, -0.2) is 0 Å². The van der Waals surface area contributed by atoms with E-state index in [0.717, 1.165) is 23.6 Å². The second kappa shape index (κ2) is 10.1. The molecule has 144 valence electrons. The summed E-state index contributed by atoms with van der Waals surface area (Å²) in [6, 6.07) is 15.0. The van der Waals surface area contributed by atoms with E-state index in [2.05, 4.69) is 16.0 Å². The van der Waals surface area contributed by atoms with Gasteiger partial charge in [0.15, 0.2) is 0 Å². The molecule has 1 aliphatic carbocycles. The summed E-state index contributed by atoms with van der Waals surface area (Å²) >= 11 is 0. The van der Waals surface area contributed by atoms with Crippen LogP contribution in [0.2, 0.25) is 0 Å². The van der Waals surface area contributed by atoms with Gasteiger partial charge in [0.1, 0.15) is 0 Å². The number of anilines is 1. The van der Waals surface area contributed by atoms with Crippen molar-refractivity contribution in [1.29, 1.82) is 0 Å². The highest BCUT2D eigenvalue weighted by Crippen LogP contribution is 2.27. The van der Waals surface area contributed by atoms with Gasteiger partial charge in [0.25, 0.3) is 5.91 Å². The Kier molecular flexibility index (Phi) is 7.82. The average molecular weight is 388 g/mol. The molecule has 0 spiro atoms. The largest absolute Gasteiger partial charge is 0.351 e. The maximum Gasteiger partial charge on any atom is 0.255 e. The van der Waals surface area contributed by atoms with E-state index < -0.39 is 0 Å². The number of carbonyl (C=O) groups is 2. The van der Waals surface area contributed by atoms with Gasteiger partial charge in [-0.1, -0.05) is 29.8 Å². The SMILES string of the molecule is Cc1ccc(C(=O)Nc2cccc(CNC(=O)CNCC3CC3)c2)cc1.Cl. The number of hydrogen-bond acceptors (Lipinski definition) is 3. The summed E-state index contributed by atoms with van der Waals surface area (Å²) in [6.45, 7) is 3.70. The van der Waals surface area contributed by atoms with Crippen LogP contribution >= 0.6 is 12.4 Å². The Bertz CT molecular complexity index is 773. The third-order valence-electron chi connectivity index (χ3n) is 4.40. The fourth-order valence-corrected chi connectivity index (χ4v) is 2.64. The third kappa shape index (κ3) is 7.04. The molecule has 2 aromatic rings. The molecule has 0 aliphatic heterocycles. The summed E-state index contributed by atoms with van der Waals surface area (Å²) < 4.78 is 0. The molecule has 0 unspecified atom stereocenters. The van der Waals surface area contributed by atoms with Crippen LogP contribution in [-0.4, -0.2) is 24.9 Å². The Morgan fingerprint density at radius 1 is 1.07 bits per heavy atom. The van der Waals surface area contributed by atoms with E-state index >= 15 is 0 Å². The molecule has 0 atom stereocenters. The van der Waals surface area contributed by atoms with Crippen molar-refractivity contribution in [2.75, 3.05) is 18.4 Å². The van der Waals surface area contributed by atoms with Gasteiger partial charge < -0.3 is 16.0 Å². The van der Waals surface area contributed by atoms with Crippen LogP contribution in [-0.2, 0) is 11.3 Å². The number of halogens is 1. The molecule has 3 rings (SSSR count). The van der Waals surface area contributed by atoms with Crippen LogP contribution in [0.1, 0.15) is 34.3 Å². The van der Waals surface area contributed by atoms with E-state index in [1.54, 1.807) is 0 Å². The summed E-state index contributed by atoms with van der Waals surface area (Å²) in [5.41, 5.74) is 3.40. The van der Waals surface area contributed by atoms with E-state index in [9.17, 15) is 9.59 Å². The number of amides is 2. The molecule has 27 heavy (non-hydrogen) atoms. The fraction of sp³-hybridized carbons (Fsp3) is 0.333. The molecule has 1 fully saturated rings. The number of rotatable bonds is 8. The van der Waals surface area contributed by atoms with Crippen molar-refractivity contribution in [1.82, 2.24) is 10.6 Å². The molecule has 3 N–H and O–H groups in total. The Morgan fingerprint density at radius 3 is 2.52 bits per heavy atom. The lowest BCUT2D eigenvalue weighted by molar-refractivity contribution is -0.120. The van der Waals surface area contributed by atoms with Crippen LogP contribution in [0, 0.1) is 12.8 Å². The Labute approximate surface area is 166 Å². The van der Waals surface area contributed by atoms with Crippen LogP contribution in [0.5, 0.6) is 0 Å². The molecule has 0 heterocycles. The van der Waals surface area contributed by atoms with Crippen molar-refractivity contribution in [2.45, 2.75) is 26.3 Å². The smallest absolute Gasteiger partial charge is 0.255 e. The highest BCUT2D eigenvalue weighted by Gasteiger charge is 2.20. The second-order valence-electron chi connectivity index (χ2n) is 6.87. The lowest BCUT2D eigenvalue weighted by Gasteiger charge is -2.09. The molecule has 5 nitrogen and oxygen atoms in total. The van der Waals surface area contributed by atoms with E-state index in [0.29, 0.717) is 24.3 Å². The van der Waals surface area contributed by atoms with E-state index in [1.165, 1.54) is 12.8 Å². The van der Waals surface area contributed by atoms with Gasteiger partial charge in [0.05, 0.1) is 6.54 Å². The van der Waals surface area contributed by atoms with Crippen molar-refractivity contribution in [3.63, 3.8) is 0 Å². The zero-order valence-electron chi connectivity index (χ0n) is 15.5. The third-order valence-corrected chi connectivity index (χ3v) is 4.40. The Hall–Kier alpha value is -2.37. The topological polar surface area (TPSA) is 70.2 Å². The normalized spacial score (nSPS) is 12.8. The van der Waals surface area contributed by atoms with Crippen molar-refractivity contribution in [3.8, 4) is 0 Å². The lowest BCUT2D eigenvalue weighted by atomic mass is 10.1. The zero-order valence-corrected chi connectivity index (χ0v) is 16.3. The lowest BCUT2D eigenvalue weighted by Crippen LogP contribution is -2.34. The summed E-state index contributed by atoms with van der Waals surface area (Å²) in [5.74, 6) is 0.604. The van der Waals surface area contributed by atoms with Gasteiger partial charge in [0, 0.05) is 17.8 Å². The molecule has 0 saturated heterocycles. The molecular weight excluding hydrogens is 362 g/mol. The first kappa shape index (κ1) is 20.9. The quantitative estimate of drug-likeness (QED) is 0.651. The second-order valence-corrected chi connectivity index (χ2v) is 6.87. The number of nitrogens with one attached hydrogen (secondary N) is 3. The van der Waals surface area contributed by atoms with Crippen LogP contribution in [0.3, 0.4) is 0 Å². The van der Waals surface area contributed by atoms with Crippen LogP contribution in [0.15, 0.2) is 48.5 Å². The summed E-state index contributed by atoms with van der Waals surface area (Å²) in [7, 11) is 0. The number of aryl methyl sites for hydroxylation is 1. The minimum atomic E-state index is -0.143. The molecule has 0 bridgehead atoms. The highest BCUT2D eigenvalue weighted by molar-refractivity contribution is 6.04. The van der Waals surface area contributed by atoms with Gasteiger partial charge in [-0.05, 0) is 62.1 Å². The summed E-state index contributed by atoms with van der Waals surface area (Å²) in [5, 5.41) is 8.97. The molecule has 0 radical (unpaired) electrons. The van der Waals surface area contributed by atoms with Crippen LogP contribution in [0.4, 0.5) is 5.69 Å². The van der Waals surface area contributed by atoms with Crippen LogP contribution < -0.4 is 16.0 Å². The van der Waals surface area contributed by atoms with E-state index in [-0.39, 0.29) is 24.2 Å². The first-order valence-corrected chi connectivity index (χ1v) is 9.04. The first-order valence-electron chi connectivity index (χ1n) is 9.04. The molecule has 2 amide bonds. The predicted octanol–water partition coefficient (Wildman–Crippen LogP) is 3.28. The number of benzene rings is 2. The highest BCUT2D eigenvalue weighted by atomic mass is 35.5. The molecule has 0 aromatic heterocycles. The molecule has 2 aromatic carbocycles. The molecule has 1 aliphatic rings. The van der Waals surface area contributed by atoms with Gasteiger partial charge in [-0.3, -0.25) is 9.59 Å². The molecule has 1 saturated carbocycles. The minimum absolute atomic E-state index is 0. The standard InChI is InChI=1S/C21H25N3O2.ClH/c1-15-5-9-18(10-6-15)21(26)24-19-4-2-3-17(11-19)13-23-20(25)14-22-12-16-7-8-16;/h2-6,9-11,16,22H,7-8,12-14H2,1H3,(H,23,25)(H,24,26);1H. The van der Waals surface area contributed by atoms with Gasteiger partial charge in [0.2, 0.25) is 5.91 Å². The van der Waals surface area contributed by atoms with Crippen LogP contribution in [0.25, 0.3) is 0 Å². The Morgan fingerprint density at radius 2 is 1.81 bits per heavy atom. The van der Waals surface area contributed by atoms with E-state index in [1.807, 2.05) is 55.5 Å². The fourth-order valence-electron chi connectivity index (χ4n) is 2.64. The van der Waals surface area contributed by atoms with Gasteiger partial charge in [-0.2, -0.15) is 0 Å². The van der Waals surface area contributed by atoms with Gasteiger partial charge >= 0.3 is 0 Å². The number of carbonyl (C=O) groups excluding carboxylic acids is 2. The number of hydrogen-bond donors (Lipinski definition) is 3. The minimum Gasteiger partial charge on any atom is -0.351 e. The summed E-state index contributed by atoms with van der Waals surface area (Å²) in [4.78, 5) is 24.1. The first-order chi connectivity index (χ1) is 12.6. The monoisotopic (exact) mass is 387 g/mol. The molecule has 6 heteroatoms. The molecular formula is C21H26ClN3O2. The average Bonchev–Trinajstić information content (AvgIpc) is 3.45. The summed E-state index contributed by atoms with van der Waals surface area (Å²) in [6.07, 6.45) is 2.55. The van der Waals surface area contributed by atoms with E-state index in [4.69, 9.17) is 0 Å². The van der Waals surface area contributed by atoms with Crippen molar-refractivity contribution in [2.24, 2.45) is 5.92 Å². The van der Waals surface area contributed by atoms with Crippen molar-refractivity contribution < 1.29 is 9.59 Å². The van der Waals surface area contributed by atoms with Gasteiger partial charge in [-0.15, -0.1) is 12.4 Å². The zero-order chi connectivity index (χ0) is 18.4. The maximum absolute atomic E-state index is 12.3. The van der Waals surface area contributed by atoms with Crippen molar-refractivity contribution in [3.05, 3.63) is 65.2 Å².